The molecule has 0 atom stereocenters. The van der Waals surface area contributed by atoms with Crippen LogP contribution in [0.4, 0.5) is 0 Å². The third-order valence-corrected chi connectivity index (χ3v) is 2.16. The van der Waals surface area contributed by atoms with Crippen LogP contribution in [-0.4, -0.2) is 15.2 Å². The first-order valence-electron chi connectivity index (χ1n) is 5.21. The predicted molar refractivity (Wildman–Crippen MR) is 53.6 cm³/mol. The number of aryl methyl sites for hydroxylation is 2. The number of H-pyrrole nitrogens is 1. The van der Waals surface area contributed by atoms with Crippen molar-refractivity contribution in [3.8, 4) is 0 Å². The van der Waals surface area contributed by atoms with Crippen LogP contribution in [0.3, 0.4) is 0 Å². The van der Waals surface area contributed by atoms with E-state index in [9.17, 15) is 0 Å². The molecule has 0 spiro atoms. The summed E-state index contributed by atoms with van der Waals surface area (Å²) in [5.74, 6) is 1.89. The Balaban J connectivity index is 2.06. The molecule has 0 radical (unpaired) electrons. The highest BCUT2D eigenvalue weighted by molar-refractivity contribution is 4.87. The lowest BCUT2D eigenvalue weighted by molar-refractivity contribution is 0.623. The number of nitrogens with zero attached hydrogens (tertiary/aromatic N) is 2. The fraction of sp³-hybridized carbons (Fsp3) is 0.800. The summed E-state index contributed by atoms with van der Waals surface area (Å²) >= 11 is 0. The maximum absolute atomic E-state index is 4.26. The molecule has 0 amide bonds. The van der Waals surface area contributed by atoms with Crippen LogP contribution in [0.25, 0.3) is 0 Å². The molecule has 0 saturated carbocycles. The van der Waals surface area contributed by atoms with Crippen molar-refractivity contribution in [1.29, 1.82) is 0 Å². The quantitative estimate of drug-likeness (QED) is 0.685. The number of aromatic amines is 1. The monoisotopic (exact) mass is 181 g/mol. The van der Waals surface area contributed by atoms with E-state index in [-0.39, 0.29) is 0 Å². The molecule has 0 aliphatic heterocycles. The molecule has 13 heavy (non-hydrogen) atoms. The number of rotatable bonds is 6. The Morgan fingerprint density at radius 3 is 2.54 bits per heavy atom. The van der Waals surface area contributed by atoms with Crippen LogP contribution in [0.5, 0.6) is 0 Å². The second-order valence-electron chi connectivity index (χ2n) is 3.49. The molecule has 3 heteroatoms. The molecule has 1 aromatic rings. The molecule has 3 nitrogen and oxygen atoms in total. The minimum absolute atomic E-state index is 0.851. The first kappa shape index (κ1) is 10.2. The number of hydrogen-bond donors (Lipinski definition) is 1. The van der Waals surface area contributed by atoms with Gasteiger partial charge in [-0.05, 0) is 13.3 Å². The lowest BCUT2D eigenvalue weighted by atomic mass is 10.1. The second-order valence-corrected chi connectivity index (χ2v) is 3.49. The van der Waals surface area contributed by atoms with E-state index in [0.717, 1.165) is 18.1 Å². The minimum Gasteiger partial charge on any atom is -0.263 e. The average molecular weight is 181 g/mol. The third kappa shape index (κ3) is 4.06. The SMILES string of the molecule is CCCCCCCc1nc(C)n[nH]1. The van der Waals surface area contributed by atoms with Crippen LogP contribution in [0.1, 0.15) is 50.7 Å². The number of unbranched alkanes of at least 4 members (excludes halogenated alkanes) is 4. The zero-order chi connectivity index (χ0) is 9.52. The van der Waals surface area contributed by atoms with Crippen LogP contribution < -0.4 is 0 Å². The molecule has 1 N–H and O–H groups in total. The van der Waals surface area contributed by atoms with Crippen molar-refractivity contribution in [1.82, 2.24) is 15.2 Å². The van der Waals surface area contributed by atoms with E-state index < -0.39 is 0 Å². The second kappa shape index (κ2) is 5.73. The Morgan fingerprint density at radius 1 is 1.15 bits per heavy atom. The molecule has 0 aliphatic carbocycles. The molecule has 1 rings (SSSR count). The van der Waals surface area contributed by atoms with E-state index in [2.05, 4.69) is 22.1 Å². The van der Waals surface area contributed by atoms with E-state index in [4.69, 9.17) is 0 Å². The van der Waals surface area contributed by atoms with Gasteiger partial charge in [-0.15, -0.1) is 0 Å². The van der Waals surface area contributed by atoms with E-state index in [0.29, 0.717) is 0 Å². The fourth-order valence-corrected chi connectivity index (χ4v) is 1.40. The van der Waals surface area contributed by atoms with Gasteiger partial charge in [-0.1, -0.05) is 32.6 Å². The molecule has 0 fully saturated rings. The predicted octanol–water partition coefficient (Wildman–Crippen LogP) is 2.63. The topological polar surface area (TPSA) is 41.6 Å². The Labute approximate surface area is 80.0 Å². The molecule has 0 saturated heterocycles. The van der Waals surface area contributed by atoms with Gasteiger partial charge in [0, 0.05) is 6.42 Å². The van der Waals surface area contributed by atoms with Gasteiger partial charge in [-0.25, -0.2) is 4.98 Å². The maximum atomic E-state index is 4.26. The summed E-state index contributed by atoms with van der Waals surface area (Å²) in [4.78, 5) is 4.26. The number of hydrogen-bond acceptors (Lipinski definition) is 2. The Bertz CT molecular complexity index is 230. The van der Waals surface area contributed by atoms with Gasteiger partial charge in [-0.2, -0.15) is 5.10 Å². The smallest absolute Gasteiger partial charge is 0.147 e. The molecule has 1 aromatic heterocycles. The van der Waals surface area contributed by atoms with Crippen molar-refractivity contribution in [2.24, 2.45) is 0 Å². The lowest BCUT2D eigenvalue weighted by Gasteiger charge is -1.96. The normalized spacial score (nSPS) is 10.6. The summed E-state index contributed by atoms with van der Waals surface area (Å²) in [6.07, 6.45) is 7.60. The van der Waals surface area contributed by atoms with Gasteiger partial charge in [0.2, 0.25) is 0 Å². The molecule has 0 aromatic carbocycles. The van der Waals surface area contributed by atoms with Crippen molar-refractivity contribution in [3.05, 3.63) is 11.6 Å². The molecule has 1 heterocycles. The molecular formula is C10H19N3. The highest BCUT2D eigenvalue weighted by Crippen LogP contribution is 2.05. The van der Waals surface area contributed by atoms with Gasteiger partial charge in [-0.3, -0.25) is 5.10 Å². The van der Waals surface area contributed by atoms with E-state index in [1.165, 1.54) is 32.1 Å². The van der Waals surface area contributed by atoms with Gasteiger partial charge >= 0.3 is 0 Å². The van der Waals surface area contributed by atoms with E-state index >= 15 is 0 Å². The van der Waals surface area contributed by atoms with Gasteiger partial charge in [0.1, 0.15) is 11.6 Å². The van der Waals surface area contributed by atoms with Crippen LogP contribution in [0, 0.1) is 6.92 Å². The van der Waals surface area contributed by atoms with Gasteiger partial charge in [0.15, 0.2) is 0 Å². The number of aromatic nitrogens is 3. The summed E-state index contributed by atoms with van der Waals surface area (Å²) in [5.41, 5.74) is 0. The molecular weight excluding hydrogens is 162 g/mol. The first-order chi connectivity index (χ1) is 6.33. The van der Waals surface area contributed by atoms with Crippen LogP contribution in [0.2, 0.25) is 0 Å². The number of nitrogens with one attached hydrogen (secondary N) is 1. The minimum atomic E-state index is 0.851. The summed E-state index contributed by atoms with van der Waals surface area (Å²) in [6, 6.07) is 0. The van der Waals surface area contributed by atoms with Crippen molar-refractivity contribution in [2.75, 3.05) is 0 Å². The lowest BCUT2D eigenvalue weighted by Crippen LogP contribution is -1.88. The van der Waals surface area contributed by atoms with Crippen molar-refractivity contribution in [2.45, 2.75) is 52.4 Å². The van der Waals surface area contributed by atoms with Gasteiger partial charge < -0.3 is 0 Å². The summed E-state index contributed by atoms with van der Waals surface area (Å²) in [5, 5.41) is 6.93. The van der Waals surface area contributed by atoms with E-state index in [1.54, 1.807) is 0 Å². The average Bonchev–Trinajstić information content (AvgIpc) is 2.51. The molecule has 0 bridgehead atoms. The summed E-state index contributed by atoms with van der Waals surface area (Å²) in [7, 11) is 0. The maximum Gasteiger partial charge on any atom is 0.147 e. The van der Waals surface area contributed by atoms with E-state index in [1.807, 2.05) is 6.92 Å². The zero-order valence-corrected chi connectivity index (χ0v) is 8.64. The highest BCUT2D eigenvalue weighted by atomic mass is 15.2. The standard InChI is InChI=1S/C10H19N3/c1-3-4-5-6-7-8-10-11-9(2)12-13-10/h3-8H2,1-2H3,(H,11,12,13). The molecule has 74 valence electrons. The molecule has 0 unspecified atom stereocenters. The van der Waals surface area contributed by atoms with Crippen LogP contribution >= 0.6 is 0 Å². The highest BCUT2D eigenvalue weighted by Gasteiger charge is 1.97. The third-order valence-electron chi connectivity index (χ3n) is 2.16. The Hall–Kier alpha value is -0.860. The van der Waals surface area contributed by atoms with Gasteiger partial charge in [0.05, 0.1) is 0 Å². The Kier molecular flexibility index (Phi) is 4.50. The Morgan fingerprint density at radius 2 is 1.92 bits per heavy atom. The van der Waals surface area contributed by atoms with Crippen LogP contribution in [0.15, 0.2) is 0 Å². The van der Waals surface area contributed by atoms with Crippen molar-refractivity contribution < 1.29 is 0 Å². The first-order valence-corrected chi connectivity index (χ1v) is 5.21. The fourth-order valence-electron chi connectivity index (χ4n) is 1.40. The largest absolute Gasteiger partial charge is 0.263 e. The van der Waals surface area contributed by atoms with Gasteiger partial charge in [0.25, 0.3) is 0 Å². The molecule has 0 aliphatic rings. The zero-order valence-electron chi connectivity index (χ0n) is 8.64. The summed E-state index contributed by atoms with van der Waals surface area (Å²) < 4.78 is 0. The van der Waals surface area contributed by atoms with Crippen molar-refractivity contribution >= 4 is 0 Å². The summed E-state index contributed by atoms with van der Waals surface area (Å²) in [6.45, 7) is 4.15. The van der Waals surface area contributed by atoms with Crippen LogP contribution in [-0.2, 0) is 6.42 Å². The van der Waals surface area contributed by atoms with Crippen molar-refractivity contribution in [3.63, 3.8) is 0 Å².